The highest BCUT2D eigenvalue weighted by molar-refractivity contribution is 7.89. The third-order valence-electron chi connectivity index (χ3n) is 4.19. The summed E-state index contributed by atoms with van der Waals surface area (Å²) in [4.78, 5) is 11.5. The summed E-state index contributed by atoms with van der Waals surface area (Å²) in [6.07, 6.45) is 2.32. The zero-order chi connectivity index (χ0) is 16.4. The van der Waals surface area contributed by atoms with Crippen molar-refractivity contribution in [2.45, 2.75) is 33.2 Å². The van der Waals surface area contributed by atoms with Gasteiger partial charge in [-0.05, 0) is 38.3 Å². The monoisotopic (exact) mass is 334 g/mol. The Morgan fingerprint density at radius 2 is 1.96 bits per heavy atom. The van der Waals surface area contributed by atoms with E-state index in [1.807, 2.05) is 25.1 Å². The topological polar surface area (TPSA) is 75.2 Å². The van der Waals surface area contributed by atoms with Gasteiger partial charge in [0.25, 0.3) is 0 Å². The second kappa shape index (κ2) is 6.41. The fourth-order valence-electron chi connectivity index (χ4n) is 2.85. The fraction of sp³-hybridized carbons (Fsp3) is 0.500. The lowest BCUT2D eigenvalue weighted by molar-refractivity contribution is 0.580. The third kappa shape index (κ3) is 3.45. The molecule has 2 aromatic rings. The number of hydrogen-bond acceptors (Lipinski definition) is 5. The van der Waals surface area contributed by atoms with Crippen LogP contribution in [0.25, 0.3) is 10.9 Å². The van der Waals surface area contributed by atoms with Crippen molar-refractivity contribution >= 4 is 26.7 Å². The van der Waals surface area contributed by atoms with Crippen LogP contribution in [-0.4, -0.2) is 37.2 Å². The maximum absolute atomic E-state index is 11.7. The van der Waals surface area contributed by atoms with Crippen molar-refractivity contribution in [1.82, 2.24) is 14.7 Å². The summed E-state index contributed by atoms with van der Waals surface area (Å²) in [7, 11) is -3.26. The zero-order valence-corrected chi connectivity index (χ0v) is 14.4. The lowest BCUT2D eigenvalue weighted by Gasteiger charge is -2.20. The summed E-state index contributed by atoms with van der Waals surface area (Å²) >= 11 is 0. The van der Waals surface area contributed by atoms with Gasteiger partial charge in [-0.15, -0.1) is 0 Å². The van der Waals surface area contributed by atoms with E-state index in [-0.39, 0.29) is 12.3 Å². The first-order chi connectivity index (χ1) is 11.0. The molecule has 0 atom stereocenters. The van der Waals surface area contributed by atoms with Crippen molar-refractivity contribution in [1.29, 1.82) is 0 Å². The van der Waals surface area contributed by atoms with E-state index in [9.17, 15) is 8.42 Å². The minimum Gasteiger partial charge on any atom is -0.356 e. The zero-order valence-electron chi connectivity index (χ0n) is 13.5. The van der Waals surface area contributed by atoms with E-state index >= 15 is 0 Å². The van der Waals surface area contributed by atoms with E-state index in [1.54, 1.807) is 6.92 Å². The van der Waals surface area contributed by atoms with E-state index in [0.29, 0.717) is 5.82 Å². The van der Waals surface area contributed by atoms with E-state index in [1.165, 1.54) is 0 Å². The lowest BCUT2D eigenvalue weighted by atomic mass is 10.1. The van der Waals surface area contributed by atoms with Crippen molar-refractivity contribution in [2.24, 2.45) is 0 Å². The lowest BCUT2D eigenvalue weighted by Crippen LogP contribution is -2.27. The first-order valence-electron chi connectivity index (χ1n) is 7.98. The second-order valence-electron chi connectivity index (χ2n) is 5.85. The quantitative estimate of drug-likeness (QED) is 0.905. The predicted octanol–water partition coefficient (Wildman–Crippen LogP) is 1.98. The van der Waals surface area contributed by atoms with Crippen molar-refractivity contribution in [3.05, 3.63) is 29.6 Å². The highest BCUT2D eigenvalue weighted by atomic mass is 32.2. The Morgan fingerprint density at radius 3 is 2.65 bits per heavy atom. The van der Waals surface area contributed by atoms with Crippen LogP contribution in [-0.2, 0) is 16.6 Å². The number of para-hydroxylation sites is 1. The Labute approximate surface area is 137 Å². The van der Waals surface area contributed by atoms with Crippen LogP contribution in [0, 0.1) is 6.92 Å². The highest BCUT2D eigenvalue weighted by Gasteiger charge is 2.19. The predicted molar refractivity (Wildman–Crippen MR) is 92.0 cm³/mol. The number of aryl methyl sites for hydroxylation is 1. The normalized spacial score (nSPS) is 15.5. The van der Waals surface area contributed by atoms with Crippen LogP contribution in [0.15, 0.2) is 18.2 Å². The van der Waals surface area contributed by atoms with E-state index in [4.69, 9.17) is 0 Å². The molecule has 0 amide bonds. The molecule has 0 bridgehead atoms. The molecule has 0 aliphatic carbocycles. The molecule has 1 N–H and O–H groups in total. The second-order valence-corrected chi connectivity index (χ2v) is 7.95. The number of aromatic nitrogens is 2. The van der Waals surface area contributed by atoms with Crippen molar-refractivity contribution in [2.75, 3.05) is 23.7 Å². The van der Waals surface area contributed by atoms with Crippen LogP contribution in [0.2, 0.25) is 0 Å². The Balaban J connectivity index is 2.03. The van der Waals surface area contributed by atoms with Gasteiger partial charge in [0.2, 0.25) is 10.0 Å². The molecule has 7 heteroatoms. The van der Waals surface area contributed by atoms with Gasteiger partial charge in [-0.3, -0.25) is 0 Å². The smallest absolute Gasteiger partial charge is 0.211 e. The van der Waals surface area contributed by atoms with Gasteiger partial charge in [-0.2, -0.15) is 0 Å². The Morgan fingerprint density at radius 1 is 1.22 bits per heavy atom. The standard InChI is InChI=1S/C16H22N4O2S/c1-3-23(21,22)17-11-14-18-15-12(2)7-6-8-13(15)16(19-14)20-9-4-5-10-20/h6-8,17H,3-5,9-11H2,1-2H3. The summed E-state index contributed by atoms with van der Waals surface area (Å²) in [6.45, 7) is 5.73. The summed E-state index contributed by atoms with van der Waals surface area (Å²) in [6, 6.07) is 6.07. The molecule has 0 saturated carbocycles. The highest BCUT2D eigenvalue weighted by Crippen LogP contribution is 2.28. The number of hydrogen-bond donors (Lipinski definition) is 1. The van der Waals surface area contributed by atoms with Gasteiger partial charge in [0.05, 0.1) is 17.8 Å². The Kier molecular flexibility index (Phi) is 4.50. The SMILES string of the molecule is CCS(=O)(=O)NCc1nc(N2CCCC2)c2cccc(C)c2n1. The number of benzene rings is 1. The number of nitrogens with zero attached hydrogens (tertiary/aromatic N) is 3. The average Bonchev–Trinajstić information content (AvgIpc) is 3.07. The Bertz CT molecular complexity index is 814. The minimum absolute atomic E-state index is 0.0542. The molecule has 0 radical (unpaired) electrons. The molecule has 124 valence electrons. The van der Waals surface area contributed by atoms with Crippen molar-refractivity contribution in [3.63, 3.8) is 0 Å². The number of fused-ring (bicyclic) bond motifs is 1. The molecular weight excluding hydrogens is 312 g/mol. The Hall–Kier alpha value is -1.73. The summed E-state index contributed by atoms with van der Waals surface area (Å²) in [5.41, 5.74) is 1.97. The molecule has 0 spiro atoms. The molecular formula is C16H22N4O2S. The van der Waals surface area contributed by atoms with Gasteiger partial charge < -0.3 is 4.90 Å². The van der Waals surface area contributed by atoms with Crippen LogP contribution in [0.5, 0.6) is 0 Å². The van der Waals surface area contributed by atoms with Crippen molar-refractivity contribution in [3.8, 4) is 0 Å². The number of rotatable bonds is 5. The van der Waals surface area contributed by atoms with Gasteiger partial charge in [0.1, 0.15) is 11.6 Å². The first kappa shape index (κ1) is 16.1. The van der Waals surface area contributed by atoms with Crippen LogP contribution in [0.1, 0.15) is 31.2 Å². The third-order valence-corrected chi connectivity index (χ3v) is 5.53. The van der Waals surface area contributed by atoms with Crippen LogP contribution >= 0.6 is 0 Å². The maximum Gasteiger partial charge on any atom is 0.211 e. The molecule has 1 aliphatic rings. The van der Waals surface area contributed by atoms with Gasteiger partial charge in [-0.1, -0.05) is 12.1 Å². The molecule has 1 aromatic carbocycles. The largest absolute Gasteiger partial charge is 0.356 e. The van der Waals surface area contributed by atoms with Crippen molar-refractivity contribution < 1.29 is 8.42 Å². The number of sulfonamides is 1. The van der Waals surface area contributed by atoms with Gasteiger partial charge >= 0.3 is 0 Å². The molecule has 1 aromatic heterocycles. The number of nitrogens with one attached hydrogen (secondary N) is 1. The molecule has 1 aliphatic heterocycles. The van der Waals surface area contributed by atoms with Gasteiger partial charge in [-0.25, -0.2) is 23.1 Å². The molecule has 1 fully saturated rings. The molecule has 23 heavy (non-hydrogen) atoms. The van der Waals surface area contributed by atoms with E-state index in [0.717, 1.165) is 48.2 Å². The summed E-state index contributed by atoms with van der Waals surface area (Å²) < 4.78 is 25.9. The van der Waals surface area contributed by atoms with Crippen LogP contribution in [0.3, 0.4) is 0 Å². The summed E-state index contributed by atoms with van der Waals surface area (Å²) in [5, 5.41) is 1.04. The molecule has 0 unspecified atom stereocenters. The maximum atomic E-state index is 11.7. The van der Waals surface area contributed by atoms with Gasteiger partial charge in [0.15, 0.2) is 0 Å². The number of anilines is 1. The van der Waals surface area contributed by atoms with Crippen LogP contribution in [0.4, 0.5) is 5.82 Å². The molecule has 6 nitrogen and oxygen atoms in total. The van der Waals surface area contributed by atoms with Crippen LogP contribution < -0.4 is 9.62 Å². The first-order valence-corrected chi connectivity index (χ1v) is 9.64. The van der Waals surface area contributed by atoms with E-state index < -0.39 is 10.0 Å². The minimum atomic E-state index is -3.26. The fourth-order valence-corrected chi connectivity index (χ4v) is 3.40. The molecule has 3 rings (SSSR count). The molecule has 1 saturated heterocycles. The summed E-state index contributed by atoms with van der Waals surface area (Å²) in [5.74, 6) is 1.49. The molecule has 2 heterocycles. The average molecular weight is 334 g/mol. The van der Waals surface area contributed by atoms with E-state index in [2.05, 4.69) is 19.6 Å². The van der Waals surface area contributed by atoms with Gasteiger partial charge in [0, 0.05) is 18.5 Å².